The first-order chi connectivity index (χ1) is 7.86. The summed E-state index contributed by atoms with van der Waals surface area (Å²) < 4.78 is 10.1. The third kappa shape index (κ3) is 5.17. The predicted octanol–water partition coefficient (Wildman–Crippen LogP) is 3.44. The minimum absolute atomic E-state index is 0.891. The van der Waals surface area contributed by atoms with Gasteiger partial charge in [-0.2, -0.15) is 0 Å². The summed E-state index contributed by atoms with van der Waals surface area (Å²) in [7, 11) is 3.46. The Hall–Kier alpha value is -1.02. The molecule has 0 saturated heterocycles. The van der Waals surface area contributed by atoms with Gasteiger partial charge in [-0.05, 0) is 37.0 Å². The van der Waals surface area contributed by atoms with Crippen LogP contribution in [0.1, 0.15) is 31.2 Å². The molecule has 1 aromatic rings. The molecule has 0 radical (unpaired) electrons. The molecule has 0 spiro atoms. The average molecular weight is 222 g/mol. The van der Waals surface area contributed by atoms with Crippen molar-refractivity contribution >= 4 is 0 Å². The molecule has 0 bridgehead atoms. The third-order valence-corrected chi connectivity index (χ3v) is 2.72. The fourth-order valence-electron chi connectivity index (χ4n) is 1.72. The van der Waals surface area contributed by atoms with E-state index in [0.717, 1.165) is 18.8 Å². The van der Waals surface area contributed by atoms with E-state index >= 15 is 0 Å². The van der Waals surface area contributed by atoms with Crippen LogP contribution in [0.15, 0.2) is 24.3 Å². The van der Waals surface area contributed by atoms with Crippen molar-refractivity contribution in [2.24, 2.45) is 0 Å². The number of hydrogen-bond donors (Lipinski definition) is 0. The Morgan fingerprint density at radius 2 is 1.56 bits per heavy atom. The lowest BCUT2D eigenvalue weighted by Gasteiger charge is -2.03. The number of ether oxygens (including phenoxy) is 2. The standard InChI is InChI=1S/C14H22O2/c1-15-12-6-4-3-5-7-13-8-10-14(16-2)11-9-13/h8-11H,3-7,12H2,1-2H3. The minimum atomic E-state index is 0.891. The first-order valence-corrected chi connectivity index (χ1v) is 5.98. The van der Waals surface area contributed by atoms with Gasteiger partial charge in [-0.15, -0.1) is 0 Å². The normalized spacial score (nSPS) is 10.4. The SMILES string of the molecule is COCCCCCCc1ccc(OC)cc1. The van der Waals surface area contributed by atoms with Crippen LogP contribution in [-0.4, -0.2) is 20.8 Å². The number of hydrogen-bond acceptors (Lipinski definition) is 2. The molecule has 0 aliphatic carbocycles. The summed E-state index contributed by atoms with van der Waals surface area (Å²) >= 11 is 0. The fourth-order valence-corrected chi connectivity index (χ4v) is 1.72. The maximum atomic E-state index is 5.13. The van der Waals surface area contributed by atoms with Crippen molar-refractivity contribution in [3.05, 3.63) is 29.8 Å². The Morgan fingerprint density at radius 3 is 2.19 bits per heavy atom. The highest BCUT2D eigenvalue weighted by molar-refractivity contribution is 5.27. The maximum absolute atomic E-state index is 5.13. The van der Waals surface area contributed by atoms with Gasteiger partial charge in [0.1, 0.15) is 5.75 Å². The molecule has 0 aliphatic heterocycles. The lowest BCUT2D eigenvalue weighted by atomic mass is 10.1. The molecule has 0 N–H and O–H groups in total. The largest absolute Gasteiger partial charge is 0.497 e. The van der Waals surface area contributed by atoms with Gasteiger partial charge in [-0.3, -0.25) is 0 Å². The molecule has 2 heteroatoms. The van der Waals surface area contributed by atoms with E-state index in [1.807, 2.05) is 12.1 Å². The molecule has 0 amide bonds. The van der Waals surface area contributed by atoms with Crippen molar-refractivity contribution in [1.82, 2.24) is 0 Å². The molecule has 90 valence electrons. The number of methoxy groups -OCH3 is 2. The van der Waals surface area contributed by atoms with E-state index in [2.05, 4.69) is 12.1 Å². The number of rotatable bonds is 8. The summed E-state index contributed by atoms with van der Waals surface area (Å²) in [5, 5.41) is 0. The lowest BCUT2D eigenvalue weighted by molar-refractivity contribution is 0.192. The van der Waals surface area contributed by atoms with Gasteiger partial charge in [-0.1, -0.05) is 25.0 Å². The Morgan fingerprint density at radius 1 is 0.875 bits per heavy atom. The second kappa shape index (κ2) is 8.17. The molecule has 2 nitrogen and oxygen atoms in total. The van der Waals surface area contributed by atoms with Gasteiger partial charge in [0, 0.05) is 13.7 Å². The predicted molar refractivity (Wildman–Crippen MR) is 67.0 cm³/mol. The van der Waals surface area contributed by atoms with Crippen LogP contribution in [0.5, 0.6) is 5.75 Å². The Bertz CT molecular complexity index is 267. The summed E-state index contributed by atoms with van der Waals surface area (Å²) in [6, 6.07) is 8.35. The number of aryl methyl sites for hydroxylation is 1. The Kier molecular flexibility index (Phi) is 6.66. The van der Waals surface area contributed by atoms with Crippen LogP contribution >= 0.6 is 0 Å². The van der Waals surface area contributed by atoms with Gasteiger partial charge in [0.05, 0.1) is 7.11 Å². The molecule has 1 aromatic carbocycles. The van der Waals surface area contributed by atoms with Crippen molar-refractivity contribution in [2.75, 3.05) is 20.8 Å². The average Bonchev–Trinajstić information content (AvgIpc) is 2.34. The van der Waals surface area contributed by atoms with E-state index in [0.29, 0.717) is 0 Å². The summed E-state index contributed by atoms with van der Waals surface area (Å²) in [4.78, 5) is 0. The van der Waals surface area contributed by atoms with Crippen molar-refractivity contribution in [3.63, 3.8) is 0 Å². The minimum Gasteiger partial charge on any atom is -0.497 e. The zero-order valence-corrected chi connectivity index (χ0v) is 10.4. The molecule has 0 saturated carbocycles. The fraction of sp³-hybridized carbons (Fsp3) is 0.571. The van der Waals surface area contributed by atoms with Gasteiger partial charge in [0.2, 0.25) is 0 Å². The first kappa shape index (κ1) is 13.0. The number of benzene rings is 1. The molecule has 0 heterocycles. The van der Waals surface area contributed by atoms with Gasteiger partial charge >= 0.3 is 0 Å². The molecular formula is C14H22O2. The van der Waals surface area contributed by atoms with Crippen LogP contribution in [0.25, 0.3) is 0 Å². The van der Waals surface area contributed by atoms with Crippen molar-refractivity contribution < 1.29 is 9.47 Å². The topological polar surface area (TPSA) is 18.5 Å². The van der Waals surface area contributed by atoms with Crippen molar-refractivity contribution in [2.45, 2.75) is 32.1 Å². The van der Waals surface area contributed by atoms with Crippen LogP contribution < -0.4 is 4.74 Å². The summed E-state index contributed by atoms with van der Waals surface area (Å²) in [6.45, 7) is 0.891. The van der Waals surface area contributed by atoms with E-state index in [-0.39, 0.29) is 0 Å². The first-order valence-electron chi connectivity index (χ1n) is 5.98. The molecule has 0 aromatic heterocycles. The van der Waals surface area contributed by atoms with Gasteiger partial charge in [-0.25, -0.2) is 0 Å². The molecular weight excluding hydrogens is 200 g/mol. The van der Waals surface area contributed by atoms with E-state index in [1.165, 1.54) is 31.2 Å². The molecule has 0 atom stereocenters. The van der Waals surface area contributed by atoms with Crippen LogP contribution in [0.2, 0.25) is 0 Å². The quantitative estimate of drug-likeness (QED) is 0.627. The van der Waals surface area contributed by atoms with Crippen LogP contribution in [-0.2, 0) is 11.2 Å². The third-order valence-electron chi connectivity index (χ3n) is 2.72. The zero-order valence-electron chi connectivity index (χ0n) is 10.4. The van der Waals surface area contributed by atoms with Gasteiger partial charge in [0.15, 0.2) is 0 Å². The molecule has 1 rings (SSSR count). The van der Waals surface area contributed by atoms with E-state index in [4.69, 9.17) is 9.47 Å². The second-order valence-corrected chi connectivity index (χ2v) is 4.01. The summed E-state index contributed by atoms with van der Waals surface area (Å²) in [5.74, 6) is 0.934. The second-order valence-electron chi connectivity index (χ2n) is 4.01. The van der Waals surface area contributed by atoms with Crippen molar-refractivity contribution in [3.8, 4) is 5.75 Å². The monoisotopic (exact) mass is 222 g/mol. The lowest BCUT2D eigenvalue weighted by Crippen LogP contribution is -1.90. The van der Waals surface area contributed by atoms with Crippen molar-refractivity contribution in [1.29, 1.82) is 0 Å². The zero-order chi connectivity index (χ0) is 11.6. The summed E-state index contributed by atoms with van der Waals surface area (Å²) in [6.07, 6.45) is 6.16. The smallest absolute Gasteiger partial charge is 0.118 e. The molecule has 16 heavy (non-hydrogen) atoms. The molecule has 0 aliphatic rings. The van der Waals surface area contributed by atoms with Crippen LogP contribution in [0.3, 0.4) is 0 Å². The van der Waals surface area contributed by atoms with E-state index in [9.17, 15) is 0 Å². The molecule has 0 fully saturated rings. The highest BCUT2D eigenvalue weighted by atomic mass is 16.5. The number of unbranched alkanes of at least 4 members (excludes halogenated alkanes) is 3. The van der Waals surface area contributed by atoms with Crippen LogP contribution in [0.4, 0.5) is 0 Å². The van der Waals surface area contributed by atoms with E-state index in [1.54, 1.807) is 14.2 Å². The maximum Gasteiger partial charge on any atom is 0.118 e. The van der Waals surface area contributed by atoms with Gasteiger partial charge < -0.3 is 9.47 Å². The highest BCUT2D eigenvalue weighted by Crippen LogP contribution is 2.13. The van der Waals surface area contributed by atoms with E-state index < -0.39 is 0 Å². The summed E-state index contributed by atoms with van der Waals surface area (Å²) in [5.41, 5.74) is 1.40. The Balaban J connectivity index is 2.12. The highest BCUT2D eigenvalue weighted by Gasteiger charge is 1.95. The van der Waals surface area contributed by atoms with Gasteiger partial charge in [0.25, 0.3) is 0 Å². The van der Waals surface area contributed by atoms with Crippen LogP contribution in [0, 0.1) is 0 Å². The molecule has 0 unspecified atom stereocenters. The Labute approximate surface area is 98.6 Å².